The van der Waals surface area contributed by atoms with Crippen molar-refractivity contribution in [2.45, 2.75) is 24.3 Å². The summed E-state index contributed by atoms with van der Waals surface area (Å²) in [6.07, 6.45) is 5.81. The molecule has 0 aliphatic heterocycles. The molecule has 1 rings (SSSR count). The molecule has 0 spiro atoms. The molecule has 4 nitrogen and oxygen atoms in total. The average Bonchev–Trinajstić information content (AvgIpc) is 2.38. The Kier molecular flexibility index (Phi) is 6.22. The molecule has 0 amide bonds. The van der Waals surface area contributed by atoms with Gasteiger partial charge in [-0.25, -0.2) is 13.1 Å². The van der Waals surface area contributed by atoms with Crippen molar-refractivity contribution in [3.63, 3.8) is 0 Å². The van der Waals surface area contributed by atoms with Crippen LogP contribution in [-0.4, -0.2) is 26.0 Å². The lowest BCUT2D eigenvalue weighted by Crippen LogP contribution is -2.35. The largest absolute Gasteiger partial charge is 0.399 e. The molecule has 3 N–H and O–H groups in total. The second kappa shape index (κ2) is 7.43. The third-order valence-electron chi connectivity index (χ3n) is 2.43. The molecule has 1 aromatic carbocycles. The van der Waals surface area contributed by atoms with Crippen molar-refractivity contribution in [3.05, 3.63) is 24.3 Å². The van der Waals surface area contributed by atoms with E-state index in [4.69, 9.17) is 12.2 Å². The summed E-state index contributed by atoms with van der Waals surface area (Å²) in [6.45, 7) is 1.84. The molecule has 0 saturated carbocycles. The van der Waals surface area contributed by atoms with Crippen LogP contribution < -0.4 is 10.5 Å². The van der Waals surface area contributed by atoms with Gasteiger partial charge in [-0.3, -0.25) is 0 Å². The Morgan fingerprint density at radius 1 is 1.42 bits per heavy atom. The van der Waals surface area contributed by atoms with Crippen molar-refractivity contribution < 1.29 is 8.42 Å². The van der Waals surface area contributed by atoms with Crippen molar-refractivity contribution in [1.29, 1.82) is 0 Å². The lowest BCUT2D eigenvalue weighted by atomic mass is 10.3. The van der Waals surface area contributed by atoms with Gasteiger partial charge < -0.3 is 5.73 Å². The van der Waals surface area contributed by atoms with Crippen LogP contribution in [0, 0.1) is 12.3 Å². The van der Waals surface area contributed by atoms with Crippen molar-refractivity contribution in [2.24, 2.45) is 0 Å². The summed E-state index contributed by atoms with van der Waals surface area (Å²) in [5.74, 6) is 2.93. The van der Waals surface area contributed by atoms with Crippen LogP contribution in [-0.2, 0) is 10.0 Å². The van der Waals surface area contributed by atoms with Gasteiger partial charge in [-0.05, 0) is 30.7 Å². The van der Waals surface area contributed by atoms with Gasteiger partial charge in [0.1, 0.15) is 0 Å². The maximum atomic E-state index is 11.8. The molecule has 0 bridgehead atoms. The highest BCUT2D eigenvalue weighted by atomic mass is 32.2. The van der Waals surface area contributed by atoms with Gasteiger partial charge in [0.25, 0.3) is 0 Å². The molecule has 104 valence electrons. The Morgan fingerprint density at radius 3 is 2.58 bits per heavy atom. The molecule has 0 heterocycles. The molecular formula is C13H18N2O2S2. The van der Waals surface area contributed by atoms with Gasteiger partial charge in [0.05, 0.1) is 11.8 Å². The maximum Gasteiger partial charge on any atom is 0.213 e. The van der Waals surface area contributed by atoms with Crippen LogP contribution in [0.2, 0.25) is 0 Å². The highest BCUT2D eigenvalue weighted by Gasteiger charge is 2.14. The first-order valence-electron chi connectivity index (χ1n) is 5.91. The molecule has 0 aliphatic carbocycles. The second-order valence-electron chi connectivity index (χ2n) is 3.98. The zero-order chi connectivity index (χ0) is 14.3. The SMILES string of the molecule is C#CC(CC)NS(=O)(=O)CCSc1ccc(N)cc1. The summed E-state index contributed by atoms with van der Waals surface area (Å²) in [5.41, 5.74) is 6.27. The van der Waals surface area contributed by atoms with Gasteiger partial charge >= 0.3 is 0 Å². The highest BCUT2D eigenvalue weighted by Crippen LogP contribution is 2.19. The van der Waals surface area contributed by atoms with Gasteiger partial charge in [-0.15, -0.1) is 18.2 Å². The lowest BCUT2D eigenvalue weighted by molar-refractivity contribution is 0.572. The van der Waals surface area contributed by atoms with E-state index in [9.17, 15) is 8.42 Å². The monoisotopic (exact) mass is 298 g/mol. The average molecular weight is 298 g/mol. The quantitative estimate of drug-likeness (QED) is 0.456. The van der Waals surface area contributed by atoms with Crippen LogP contribution in [0.3, 0.4) is 0 Å². The molecule has 0 saturated heterocycles. The van der Waals surface area contributed by atoms with E-state index >= 15 is 0 Å². The predicted molar refractivity (Wildman–Crippen MR) is 81.4 cm³/mol. The molecule has 0 radical (unpaired) electrons. The number of terminal acetylenes is 1. The molecule has 19 heavy (non-hydrogen) atoms. The second-order valence-corrected chi connectivity index (χ2v) is 7.02. The topological polar surface area (TPSA) is 72.2 Å². The number of benzene rings is 1. The van der Waals surface area contributed by atoms with Crippen LogP contribution in [0.1, 0.15) is 13.3 Å². The third kappa shape index (κ3) is 6.01. The summed E-state index contributed by atoms with van der Waals surface area (Å²) in [4.78, 5) is 0.994. The predicted octanol–water partition coefficient (Wildman–Crippen LogP) is 1.69. The van der Waals surface area contributed by atoms with Gasteiger partial charge in [0.2, 0.25) is 10.0 Å². The number of thioether (sulfide) groups is 1. The van der Waals surface area contributed by atoms with E-state index < -0.39 is 16.1 Å². The number of sulfonamides is 1. The van der Waals surface area contributed by atoms with E-state index in [2.05, 4.69) is 10.6 Å². The molecule has 1 atom stereocenters. The lowest BCUT2D eigenvalue weighted by Gasteiger charge is -2.11. The molecule has 6 heteroatoms. The Bertz CT molecular complexity index is 533. The number of nitrogens with two attached hydrogens (primary N) is 1. The zero-order valence-electron chi connectivity index (χ0n) is 10.8. The first-order chi connectivity index (χ1) is 8.96. The van der Waals surface area contributed by atoms with Gasteiger partial charge in [-0.1, -0.05) is 12.8 Å². The molecule has 1 unspecified atom stereocenters. The number of anilines is 1. The van der Waals surface area contributed by atoms with Gasteiger partial charge in [0, 0.05) is 16.3 Å². The Labute approximate surface area is 119 Å². The van der Waals surface area contributed by atoms with Crippen molar-refractivity contribution >= 4 is 27.5 Å². The minimum absolute atomic E-state index is 0.0419. The van der Waals surface area contributed by atoms with Crippen LogP contribution in [0.15, 0.2) is 29.2 Å². The van der Waals surface area contributed by atoms with E-state index in [1.165, 1.54) is 11.8 Å². The van der Waals surface area contributed by atoms with Crippen LogP contribution in [0.25, 0.3) is 0 Å². The summed E-state index contributed by atoms with van der Waals surface area (Å²) >= 11 is 1.47. The van der Waals surface area contributed by atoms with Crippen molar-refractivity contribution in [1.82, 2.24) is 4.72 Å². The smallest absolute Gasteiger partial charge is 0.213 e. The van der Waals surface area contributed by atoms with E-state index in [1.807, 2.05) is 19.1 Å². The van der Waals surface area contributed by atoms with Crippen molar-refractivity contribution in [2.75, 3.05) is 17.2 Å². The zero-order valence-corrected chi connectivity index (χ0v) is 12.4. The fourth-order valence-electron chi connectivity index (χ4n) is 1.34. The minimum Gasteiger partial charge on any atom is -0.399 e. The van der Waals surface area contributed by atoms with Crippen LogP contribution >= 0.6 is 11.8 Å². The number of nitrogens with one attached hydrogen (secondary N) is 1. The normalized spacial score (nSPS) is 12.8. The fourth-order valence-corrected chi connectivity index (χ4v) is 3.91. The Hall–Kier alpha value is -1.16. The highest BCUT2D eigenvalue weighted by molar-refractivity contribution is 8.00. The number of nitrogen functional groups attached to an aromatic ring is 1. The fraction of sp³-hybridized carbons (Fsp3) is 0.385. The first-order valence-corrected chi connectivity index (χ1v) is 8.55. The summed E-state index contributed by atoms with van der Waals surface area (Å²) in [7, 11) is -3.32. The van der Waals surface area contributed by atoms with Gasteiger partial charge in [-0.2, -0.15) is 0 Å². The maximum absolute atomic E-state index is 11.8. The molecular weight excluding hydrogens is 280 g/mol. The van der Waals surface area contributed by atoms with E-state index in [0.717, 1.165) is 4.90 Å². The number of rotatable bonds is 7. The molecule has 1 aromatic rings. The summed E-state index contributed by atoms with van der Waals surface area (Å²) < 4.78 is 26.0. The molecule has 0 aromatic heterocycles. The van der Waals surface area contributed by atoms with E-state index in [-0.39, 0.29) is 5.75 Å². The number of hydrogen-bond donors (Lipinski definition) is 2. The van der Waals surface area contributed by atoms with E-state index in [0.29, 0.717) is 17.9 Å². The molecule has 0 fully saturated rings. The van der Waals surface area contributed by atoms with Crippen molar-refractivity contribution in [3.8, 4) is 12.3 Å². The van der Waals surface area contributed by atoms with E-state index in [1.54, 1.807) is 12.1 Å². The first kappa shape index (κ1) is 15.9. The van der Waals surface area contributed by atoms with Crippen LogP contribution in [0.4, 0.5) is 5.69 Å². The Morgan fingerprint density at radius 2 is 2.05 bits per heavy atom. The van der Waals surface area contributed by atoms with Crippen LogP contribution in [0.5, 0.6) is 0 Å². The summed E-state index contributed by atoms with van der Waals surface area (Å²) in [5, 5.41) is 0. The Balaban J connectivity index is 2.44. The summed E-state index contributed by atoms with van der Waals surface area (Å²) in [6, 6.07) is 6.90. The van der Waals surface area contributed by atoms with Gasteiger partial charge in [0.15, 0.2) is 0 Å². The standard InChI is InChI=1S/C13H18N2O2S2/c1-3-12(4-2)15-19(16,17)10-9-18-13-7-5-11(14)6-8-13/h1,5-8,12,15H,4,9-10,14H2,2H3. The minimum atomic E-state index is -3.32. The number of hydrogen-bond acceptors (Lipinski definition) is 4. The molecule has 0 aliphatic rings. The third-order valence-corrected chi connectivity index (χ3v) is 5.09.